The van der Waals surface area contributed by atoms with Crippen LogP contribution in [0.3, 0.4) is 0 Å². The summed E-state index contributed by atoms with van der Waals surface area (Å²) in [5.74, 6) is 0.922. The molecule has 23 heavy (non-hydrogen) atoms. The molecule has 3 heterocycles. The van der Waals surface area contributed by atoms with Crippen molar-refractivity contribution in [3.05, 3.63) is 27.9 Å². The number of nitrogens with one attached hydrogen (secondary N) is 1. The fraction of sp³-hybridized carbons (Fsp3) is 0.733. The largest absolute Gasteiger partial charge is 0.309 e. The molecule has 8 heteroatoms. The number of hydrogen-bond acceptors (Lipinski definition) is 5. The van der Waals surface area contributed by atoms with Crippen molar-refractivity contribution in [1.29, 1.82) is 0 Å². The number of hydrogen-bond donors (Lipinski definition) is 1. The van der Waals surface area contributed by atoms with E-state index in [0.29, 0.717) is 24.6 Å². The Morgan fingerprint density at radius 2 is 2.13 bits per heavy atom. The molecule has 3 rings (SSSR count). The predicted octanol–water partition coefficient (Wildman–Crippen LogP) is 0.639. The molecular formula is C15H24N4O3S. The van der Waals surface area contributed by atoms with Gasteiger partial charge in [0.1, 0.15) is 5.82 Å². The molecule has 0 aliphatic carbocycles. The Kier molecular flexibility index (Phi) is 4.57. The predicted molar refractivity (Wildman–Crippen MR) is 87.7 cm³/mol. The zero-order chi connectivity index (χ0) is 16.6. The number of aryl methyl sites for hydroxylation is 1. The van der Waals surface area contributed by atoms with Crippen molar-refractivity contribution >= 4 is 10.0 Å². The van der Waals surface area contributed by atoms with Crippen LogP contribution in [0.2, 0.25) is 0 Å². The SMILES string of the molecule is Cc1cc(=O)[nH]c([C@H](C)N2CCC[C@@H](N3CCCS3(=O)=O)C2)n1. The first-order chi connectivity index (χ1) is 10.9. The van der Waals surface area contributed by atoms with Crippen molar-refractivity contribution in [2.75, 3.05) is 25.4 Å². The molecule has 0 aromatic carbocycles. The fourth-order valence-corrected chi connectivity index (χ4v) is 5.37. The maximum atomic E-state index is 12.1. The third-order valence-electron chi connectivity index (χ3n) is 4.80. The number of H-pyrrole nitrogens is 1. The summed E-state index contributed by atoms with van der Waals surface area (Å²) in [7, 11) is -3.08. The van der Waals surface area contributed by atoms with Gasteiger partial charge in [-0.15, -0.1) is 0 Å². The maximum absolute atomic E-state index is 12.1. The monoisotopic (exact) mass is 340 g/mol. The maximum Gasteiger partial charge on any atom is 0.251 e. The first-order valence-electron chi connectivity index (χ1n) is 8.18. The topological polar surface area (TPSA) is 86.4 Å². The molecule has 0 spiro atoms. The van der Waals surface area contributed by atoms with Gasteiger partial charge in [0.15, 0.2) is 0 Å². The first-order valence-corrected chi connectivity index (χ1v) is 9.79. The quantitative estimate of drug-likeness (QED) is 0.872. The Balaban J connectivity index is 1.76. The second-order valence-corrected chi connectivity index (χ2v) is 8.56. The van der Waals surface area contributed by atoms with Crippen molar-refractivity contribution in [2.24, 2.45) is 0 Å². The van der Waals surface area contributed by atoms with Crippen LogP contribution in [0, 0.1) is 6.92 Å². The van der Waals surface area contributed by atoms with Crippen LogP contribution in [0.4, 0.5) is 0 Å². The van der Waals surface area contributed by atoms with Crippen LogP contribution in [-0.2, 0) is 10.0 Å². The van der Waals surface area contributed by atoms with E-state index in [0.717, 1.165) is 25.8 Å². The van der Waals surface area contributed by atoms with Crippen LogP contribution in [-0.4, -0.2) is 59.0 Å². The third-order valence-corrected chi connectivity index (χ3v) is 6.80. The van der Waals surface area contributed by atoms with E-state index < -0.39 is 10.0 Å². The lowest BCUT2D eigenvalue weighted by atomic mass is 10.0. The second kappa shape index (κ2) is 6.33. The van der Waals surface area contributed by atoms with E-state index in [4.69, 9.17) is 0 Å². The summed E-state index contributed by atoms with van der Waals surface area (Å²) in [5, 5.41) is 0. The molecule has 7 nitrogen and oxygen atoms in total. The van der Waals surface area contributed by atoms with Gasteiger partial charge in [-0.2, -0.15) is 4.31 Å². The molecule has 1 N–H and O–H groups in total. The molecule has 2 atom stereocenters. The molecule has 0 unspecified atom stereocenters. The van der Waals surface area contributed by atoms with Crippen LogP contribution < -0.4 is 5.56 Å². The van der Waals surface area contributed by atoms with Crippen LogP contribution in [0.15, 0.2) is 10.9 Å². The number of rotatable bonds is 3. The number of aromatic nitrogens is 2. The summed E-state index contributed by atoms with van der Waals surface area (Å²) in [6.45, 7) is 6.04. The van der Waals surface area contributed by atoms with Crippen molar-refractivity contribution < 1.29 is 8.42 Å². The third kappa shape index (κ3) is 3.49. The molecule has 2 saturated heterocycles. The summed E-state index contributed by atoms with van der Waals surface area (Å²) in [5.41, 5.74) is 0.557. The van der Waals surface area contributed by atoms with Crippen molar-refractivity contribution in [3.63, 3.8) is 0 Å². The van der Waals surface area contributed by atoms with Crippen LogP contribution in [0.5, 0.6) is 0 Å². The minimum Gasteiger partial charge on any atom is -0.309 e. The van der Waals surface area contributed by atoms with Crippen molar-refractivity contribution in [3.8, 4) is 0 Å². The highest BCUT2D eigenvalue weighted by Gasteiger charge is 2.37. The smallest absolute Gasteiger partial charge is 0.251 e. The van der Waals surface area contributed by atoms with Gasteiger partial charge >= 0.3 is 0 Å². The van der Waals surface area contributed by atoms with E-state index in [1.54, 1.807) is 11.2 Å². The average molecular weight is 340 g/mol. The Morgan fingerprint density at radius 1 is 1.35 bits per heavy atom. The van der Waals surface area contributed by atoms with Crippen molar-refractivity contribution in [1.82, 2.24) is 19.2 Å². The van der Waals surface area contributed by atoms with Gasteiger partial charge in [-0.25, -0.2) is 13.4 Å². The summed E-state index contributed by atoms with van der Waals surface area (Å²) in [4.78, 5) is 21.1. The second-order valence-electron chi connectivity index (χ2n) is 6.52. The number of piperidine rings is 1. The Labute approximate surface area is 136 Å². The first kappa shape index (κ1) is 16.6. The lowest BCUT2D eigenvalue weighted by Gasteiger charge is -2.39. The van der Waals surface area contributed by atoms with Crippen LogP contribution in [0.25, 0.3) is 0 Å². The van der Waals surface area contributed by atoms with E-state index in [1.807, 2.05) is 6.92 Å². The number of sulfonamides is 1. The van der Waals surface area contributed by atoms with Crippen LogP contribution >= 0.6 is 0 Å². The molecule has 1 aromatic heterocycles. The minimum atomic E-state index is -3.08. The normalized spacial score (nSPS) is 27.1. The molecule has 0 amide bonds. The minimum absolute atomic E-state index is 0.0318. The Hall–Kier alpha value is -1.25. The molecule has 2 aliphatic rings. The lowest BCUT2D eigenvalue weighted by Crippen LogP contribution is -2.49. The highest BCUT2D eigenvalue weighted by Crippen LogP contribution is 2.27. The molecule has 1 aromatic rings. The number of nitrogens with zero attached hydrogens (tertiary/aromatic N) is 3. The number of likely N-dealkylation sites (tertiary alicyclic amines) is 1. The molecule has 0 radical (unpaired) electrons. The van der Waals surface area contributed by atoms with E-state index in [-0.39, 0.29) is 23.4 Å². The summed E-state index contributed by atoms with van der Waals surface area (Å²) >= 11 is 0. The summed E-state index contributed by atoms with van der Waals surface area (Å²) < 4.78 is 26.0. The molecular weight excluding hydrogens is 316 g/mol. The zero-order valence-electron chi connectivity index (χ0n) is 13.7. The summed E-state index contributed by atoms with van der Waals surface area (Å²) in [6.07, 6.45) is 2.58. The van der Waals surface area contributed by atoms with Gasteiger partial charge in [0, 0.05) is 30.9 Å². The fourth-order valence-electron chi connectivity index (χ4n) is 3.61. The highest BCUT2D eigenvalue weighted by molar-refractivity contribution is 7.89. The molecule has 128 valence electrons. The van der Waals surface area contributed by atoms with Gasteiger partial charge in [0.2, 0.25) is 10.0 Å². The Morgan fingerprint density at radius 3 is 2.78 bits per heavy atom. The average Bonchev–Trinajstić information content (AvgIpc) is 2.85. The van der Waals surface area contributed by atoms with E-state index in [2.05, 4.69) is 14.9 Å². The zero-order valence-corrected chi connectivity index (χ0v) is 14.5. The van der Waals surface area contributed by atoms with Gasteiger partial charge in [-0.3, -0.25) is 9.69 Å². The van der Waals surface area contributed by atoms with Gasteiger partial charge in [-0.05, 0) is 39.7 Å². The Bertz CT molecular complexity index is 730. The van der Waals surface area contributed by atoms with Crippen molar-refractivity contribution in [2.45, 2.75) is 45.2 Å². The van der Waals surface area contributed by atoms with E-state index >= 15 is 0 Å². The van der Waals surface area contributed by atoms with Gasteiger partial charge in [-0.1, -0.05) is 0 Å². The summed E-state index contributed by atoms with van der Waals surface area (Å²) in [6, 6.07) is 1.48. The van der Waals surface area contributed by atoms with Gasteiger partial charge in [0.25, 0.3) is 5.56 Å². The van der Waals surface area contributed by atoms with E-state index in [1.165, 1.54) is 6.07 Å². The van der Waals surface area contributed by atoms with Crippen LogP contribution in [0.1, 0.15) is 43.7 Å². The lowest BCUT2D eigenvalue weighted by molar-refractivity contribution is 0.113. The molecule has 0 bridgehead atoms. The van der Waals surface area contributed by atoms with E-state index in [9.17, 15) is 13.2 Å². The standard InChI is InChI=1S/C15H24N4O3S/c1-11-9-14(20)17-15(16-11)12(2)18-6-3-5-13(10-18)19-7-4-8-23(19,21)22/h9,12-13H,3-8,10H2,1-2H3,(H,16,17,20)/t12-,13+/m0/s1. The highest BCUT2D eigenvalue weighted by atomic mass is 32.2. The number of aromatic amines is 1. The van der Waals surface area contributed by atoms with Gasteiger partial charge < -0.3 is 4.98 Å². The molecule has 2 fully saturated rings. The molecule has 0 saturated carbocycles. The molecule has 2 aliphatic heterocycles. The van der Waals surface area contributed by atoms with Gasteiger partial charge in [0.05, 0.1) is 11.8 Å².